The van der Waals surface area contributed by atoms with Crippen molar-refractivity contribution in [2.24, 2.45) is 11.8 Å². The van der Waals surface area contributed by atoms with E-state index in [1.807, 2.05) is 0 Å². The molecule has 1 heterocycles. The number of aromatic nitrogens is 1. The van der Waals surface area contributed by atoms with E-state index in [0.29, 0.717) is 23.9 Å². The lowest BCUT2D eigenvalue weighted by atomic mass is 9.80. The van der Waals surface area contributed by atoms with E-state index in [2.05, 4.69) is 17.2 Å². The Bertz CT molecular complexity index is 422. The maximum Gasteiger partial charge on any atom is 0.251 e. The van der Waals surface area contributed by atoms with E-state index < -0.39 is 5.95 Å². The Labute approximate surface area is 107 Å². The Balaban J connectivity index is 1.88. The number of carbonyl (C=O) groups is 1. The summed E-state index contributed by atoms with van der Waals surface area (Å²) in [5, 5.41) is 2.89. The van der Waals surface area contributed by atoms with Gasteiger partial charge in [0, 0.05) is 24.4 Å². The standard InChI is InChI=1S/C14H19FN2O/c1-10-4-2-3-5-12(10)9-17-14(18)11-6-7-16-13(15)8-11/h6-8,10,12H,2-5,9H2,1H3,(H,17,18). The Morgan fingerprint density at radius 3 is 3.00 bits per heavy atom. The molecule has 2 atom stereocenters. The fourth-order valence-electron chi connectivity index (χ4n) is 2.57. The van der Waals surface area contributed by atoms with Gasteiger partial charge in [0.05, 0.1) is 0 Å². The zero-order valence-electron chi connectivity index (χ0n) is 10.7. The van der Waals surface area contributed by atoms with Crippen molar-refractivity contribution in [2.45, 2.75) is 32.6 Å². The smallest absolute Gasteiger partial charge is 0.251 e. The Hall–Kier alpha value is -1.45. The van der Waals surface area contributed by atoms with Crippen molar-refractivity contribution in [3.05, 3.63) is 29.8 Å². The first-order valence-corrected chi connectivity index (χ1v) is 6.56. The van der Waals surface area contributed by atoms with Gasteiger partial charge in [0.1, 0.15) is 0 Å². The predicted molar refractivity (Wildman–Crippen MR) is 67.7 cm³/mol. The summed E-state index contributed by atoms with van der Waals surface area (Å²) < 4.78 is 12.9. The van der Waals surface area contributed by atoms with Crippen LogP contribution in [0.15, 0.2) is 18.3 Å². The zero-order valence-corrected chi connectivity index (χ0v) is 10.7. The molecule has 1 aliphatic carbocycles. The minimum absolute atomic E-state index is 0.214. The van der Waals surface area contributed by atoms with Gasteiger partial charge in [-0.25, -0.2) is 4.98 Å². The van der Waals surface area contributed by atoms with Crippen LogP contribution in [0.5, 0.6) is 0 Å². The summed E-state index contributed by atoms with van der Waals surface area (Å²) in [6.07, 6.45) is 6.26. The number of pyridine rings is 1. The fraction of sp³-hybridized carbons (Fsp3) is 0.571. The molecule has 1 fully saturated rings. The molecule has 1 N–H and O–H groups in total. The highest BCUT2D eigenvalue weighted by Gasteiger charge is 2.21. The third-order valence-electron chi connectivity index (χ3n) is 3.80. The largest absolute Gasteiger partial charge is 0.352 e. The fourth-order valence-corrected chi connectivity index (χ4v) is 2.57. The molecule has 3 nitrogen and oxygen atoms in total. The number of carbonyl (C=O) groups excluding carboxylic acids is 1. The van der Waals surface area contributed by atoms with Gasteiger partial charge in [-0.1, -0.05) is 26.2 Å². The normalized spacial score (nSPS) is 23.7. The Morgan fingerprint density at radius 2 is 2.28 bits per heavy atom. The maximum atomic E-state index is 12.9. The van der Waals surface area contributed by atoms with Crippen LogP contribution in [-0.4, -0.2) is 17.4 Å². The minimum Gasteiger partial charge on any atom is -0.352 e. The topological polar surface area (TPSA) is 42.0 Å². The van der Waals surface area contributed by atoms with Gasteiger partial charge in [-0.15, -0.1) is 0 Å². The molecular weight excluding hydrogens is 231 g/mol. The van der Waals surface area contributed by atoms with Crippen LogP contribution in [0.4, 0.5) is 4.39 Å². The first-order chi connectivity index (χ1) is 8.66. The molecule has 18 heavy (non-hydrogen) atoms. The summed E-state index contributed by atoms with van der Waals surface area (Å²) in [5.41, 5.74) is 0.339. The van der Waals surface area contributed by atoms with E-state index in [1.54, 1.807) is 0 Å². The van der Waals surface area contributed by atoms with Crippen molar-refractivity contribution in [3.8, 4) is 0 Å². The summed E-state index contributed by atoms with van der Waals surface area (Å²) in [5.74, 6) is 0.380. The molecular formula is C14H19FN2O. The highest BCUT2D eigenvalue weighted by Crippen LogP contribution is 2.28. The van der Waals surface area contributed by atoms with Crippen LogP contribution in [-0.2, 0) is 0 Å². The molecule has 0 spiro atoms. The predicted octanol–water partition coefficient (Wildman–Crippen LogP) is 2.78. The molecule has 1 aromatic heterocycles. The van der Waals surface area contributed by atoms with E-state index in [9.17, 15) is 9.18 Å². The van der Waals surface area contributed by atoms with Gasteiger partial charge in [0.2, 0.25) is 5.95 Å². The van der Waals surface area contributed by atoms with Crippen molar-refractivity contribution in [1.82, 2.24) is 10.3 Å². The third-order valence-corrected chi connectivity index (χ3v) is 3.80. The lowest BCUT2D eigenvalue weighted by Crippen LogP contribution is -2.33. The highest BCUT2D eigenvalue weighted by molar-refractivity contribution is 5.93. The van der Waals surface area contributed by atoms with E-state index in [4.69, 9.17) is 0 Å². The molecule has 1 aliphatic rings. The molecule has 1 saturated carbocycles. The summed E-state index contributed by atoms with van der Waals surface area (Å²) >= 11 is 0. The zero-order chi connectivity index (χ0) is 13.0. The molecule has 0 saturated heterocycles. The van der Waals surface area contributed by atoms with Crippen molar-refractivity contribution in [1.29, 1.82) is 0 Å². The number of hydrogen-bond donors (Lipinski definition) is 1. The molecule has 2 rings (SSSR count). The van der Waals surface area contributed by atoms with Crippen LogP contribution in [0.1, 0.15) is 43.0 Å². The average Bonchev–Trinajstić information content (AvgIpc) is 2.37. The van der Waals surface area contributed by atoms with Gasteiger partial charge >= 0.3 is 0 Å². The monoisotopic (exact) mass is 250 g/mol. The van der Waals surface area contributed by atoms with Crippen LogP contribution in [0.2, 0.25) is 0 Å². The molecule has 0 radical (unpaired) electrons. The van der Waals surface area contributed by atoms with Crippen LogP contribution >= 0.6 is 0 Å². The van der Waals surface area contributed by atoms with Gasteiger partial charge in [-0.3, -0.25) is 4.79 Å². The Kier molecular flexibility index (Phi) is 4.28. The number of hydrogen-bond acceptors (Lipinski definition) is 2. The summed E-state index contributed by atoms with van der Waals surface area (Å²) in [6, 6.07) is 2.70. The van der Waals surface area contributed by atoms with E-state index in [-0.39, 0.29) is 5.91 Å². The van der Waals surface area contributed by atoms with Crippen molar-refractivity contribution in [3.63, 3.8) is 0 Å². The lowest BCUT2D eigenvalue weighted by Gasteiger charge is -2.28. The van der Waals surface area contributed by atoms with Gasteiger partial charge in [-0.2, -0.15) is 4.39 Å². The second-order valence-electron chi connectivity index (χ2n) is 5.10. The Morgan fingerprint density at radius 1 is 1.50 bits per heavy atom. The molecule has 0 aromatic carbocycles. The van der Waals surface area contributed by atoms with Crippen LogP contribution in [0.25, 0.3) is 0 Å². The quantitative estimate of drug-likeness (QED) is 0.838. The average molecular weight is 250 g/mol. The summed E-state index contributed by atoms with van der Waals surface area (Å²) in [4.78, 5) is 15.3. The second kappa shape index (κ2) is 5.94. The minimum atomic E-state index is -0.617. The first kappa shape index (κ1) is 13.0. The number of rotatable bonds is 3. The molecule has 1 amide bonds. The van der Waals surface area contributed by atoms with Crippen LogP contribution in [0.3, 0.4) is 0 Å². The van der Waals surface area contributed by atoms with Gasteiger partial charge < -0.3 is 5.32 Å². The van der Waals surface area contributed by atoms with Crippen LogP contribution in [0, 0.1) is 17.8 Å². The highest BCUT2D eigenvalue weighted by atomic mass is 19.1. The van der Waals surface area contributed by atoms with Crippen molar-refractivity contribution < 1.29 is 9.18 Å². The number of nitrogens with one attached hydrogen (secondary N) is 1. The molecule has 1 aromatic rings. The van der Waals surface area contributed by atoms with Crippen LogP contribution < -0.4 is 5.32 Å². The number of halogens is 1. The molecule has 0 bridgehead atoms. The SMILES string of the molecule is CC1CCCCC1CNC(=O)c1ccnc(F)c1. The maximum absolute atomic E-state index is 12.9. The van der Waals surface area contributed by atoms with E-state index in [0.717, 1.165) is 0 Å². The van der Waals surface area contributed by atoms with Crippen molar-refractivity contribution >= 4 is 5.91 Å². The summed E-state index contributed by atoms with van der Waals surface area (Å²) in [6.45, 7) is 2.92. The molecule has 0 aliphatic heterocycles. The molecule has 4 heteroatoms. The van der Waals surface area contributed by atoms with E-state index >= 15 is 0 Å². The van der Waals surface area contributed by atoms with Gasteiger partial charge in [0.25, 0.3) is 5.91 Å². The van der Waals surface area contributed by atoms with Gasteiger partial charge in [0.15, 0.2) is 0 Å². The summed E-state index contributed by atoms with van der Waals surface area (Å²) in [7, 11) is 0. The lowest BCUT2D eigenvalue weighted by molar-refractivity contribution is 0.0936. The van der Waals surface area contributed by atoms with Crippen molar-refractivity contribution in [2.75, 3.05) is 6.54 Å². The van der Waals surface area contributed by atoms with E-state index in [1.165, 1.54) is 44.0 Å². The molecule has 2 unspecified atom stereocenters. The molecule has 98 valence electrons. The first-order valence-electron chi connectivity index (χ1n) is 6.56. The van der Waals surface area contributed by atoms with Gasteiger partial charge in [-0.05, 0) is 24.3 Å². The number of amides is 1. The second-order valence-corrected chi connectivity index (χ2v) is 5.10. The number of nitrogens with zero attached hydrogens (tertiary/aromatic N) is 1. The third kappa shape index (κ3) is 3.28.